The highest BCUT2D eigenvalue weighted by Crippen LogP contribution is 2.20. The van der Waals surface area contributed by atoms with Crippen molar-refractivity contribution < 1.29 is 48.7 Å². The Bertz CT molecular complexity index is 543. The Morgan fingerprint density at radius 1 is 0.708 bits per heavy atom. The molecule has 2 fully saturated rings. The Hall–Kier alpha value is -2.86. The Balaban J connectivity index is 2.21. The molecule has 2 N–H and O–H groups in total. The van der Waals surface area contributed by atoms with Crippen LogP contribution in [0.25, 0.3) is 0 Å². The van der Waals surface area contributed by atoms with Gasteiger partial charge < -0.3 is 10.2 Å². The van der Waals surface area contributed by atoms with E-state index in [1.165, 1.54) is 0 Å². The van der Waals surface area contributed by atoms with E-state index in [0.29, 0.717) is 0 Å². The van der Waals surface area contributed by atoms with E-state index in [0.717, 1.165) is 0 Å². The van der Waals surface area contributed by atoms with Gasteiger partial charge in [0.05, 0.1) is 0 Å². The van der Waals surface area contributed by atoms with E-state index < -0.39 is 47.8 Å². The number of hydrogen-bond donors (Lipinski definition) is 2. The van der Waals surface area contributed by atoms with Gasteiger partial charge in [-0.15, -0.1) is 0 Å². The molecule has 2 saturated heterocycles. The first-order valence-corrected chi connectivity index (χ1v) is 6.73. The van der Waals surface area contributed by atoms with Crippen molar-refractivity contribution in [2.24, 2.45) is 0 Å². The maximum Gasteiger partial charge on any atom is 0.339 e. The van der Waals surface area contributed by atoms with Crippen LogP contribution in [0.4, 0.5) is 0 Å². The van der Waals surface area contributed by atoms with Gasteiger partial charge in [0, 0.05) is 25.7 Å². The number of carbonyl (C=O) groups is 6. The molecule has 12 heteroatoms. The number of imide groups is 2. The number of amides is 4. The van der Waals surface area contributed by atoms with Crippen LogP contribution in [0.5, 0.6) is 0 Å². The zero-order chi connectivity index (χ0) is 18.0. The van der Waals surface area contributed by atoms with Gasteiger partial charge in [0.15, 0.2) is 0 Å². The molecule has 0 saturated carbocycles. The number of hydroxylamine groups is 4. The number of carboxylic acids is 2. The summed E-state index contributed by atoms with van der Waals surface area (Å²) in [5.41, 5.74) is 0. The van der Waals surface area contributed by atoms with Gasteiger partial charge >= 0.3 is 11.9 Å². The SMILES string of the molecule is O=C(O)[C@H](ON1C(=O)CCC1=O)[C@@H](ON1C(=O)CCC1=O)C(=O)O. The third-order valence-electron chi connectivity index (χ3n) is 3.21. The molecule has 130 valence electrons. The largest absolute Gasteiger partial charge is 0.479 e. The molecule has 0 aliphatic carbocycles. The fourth-order valence-corrected chi connectivity index (χ4v) is 2.03. The van der Waals surface area contributed by atoms with Crippen molar-refractivity contribution in [2.75, 3.05) is 0 Å². The lowest BCUT2D eigenvalue weighted by Gasteiger charge is -2.26. The quantitative estimate of drug-likeness (QED) is 0.495. The number of nitrogens with zero attached hydrogens (tertiary/aromatic N) is 2. The van der Waals surface area contributed by atoms with Gasteiger partial charge in [-0.25, -0.2) is 19.3 Å². The van der Waals surface area contributed by atoms with E-state index in [-0.39, 0.29) is 35.8 Å². The minimum Gasteiger partial charge on any atom is -0.479 e. The second-order valence-corrected chi connectivity index (χ2v) is 4.89. The molecule has 2 heterocycles. The smallest absolute Gasteiger partial charge is 0.339 e. The number of aliphatic carboxylic acids is 2. The van der Waals surface area contributed by atoms with Gasteiger partial charge in [-0.3, -0.25) is 19.2 Å². The van der Waals surface area contributed by atoms with Gasteiger partial charge in [0.25, 0.3) is 23.6 Å². The van der Waals surface area contributed by atoms with E-state index in [4.69, 9.17) is 10.2 Å². The molecule has 0 aromatic heterocycles. The standard InChI is InChI=1S/C12H12N2O10/c15-5-1-2-6(16)13(5)23-9(11(19)20)10(12(21)22)24-14-7(17)3-4-8(14)18/h9-10H,1-4H2,(H,19,20)(H,21,22)/t9-,10-/m1/s1. The fraction of sp³-hybridized carbons (Fsp3) is 0.500. The molecule has 2 aliphatic heterocycles. The molecule has 2 atom stereocenters. The maximum atomic E-state index is 11.5. The van der Waals surface area contributed by atoms with Crippen molar-refractivity contribution >= 4 is 35.6 Å². The normalized spacial score (nSPS) is 20.7. The van der Waals surface area contributed by atoms with Crippen LogP contribution in [0.1, 0.15) is 25.7 Å². The molecule has 0 radical (unpaired) electrons. The third kappa shape index (κ3) is 3.38. The highest BCUT2D eigenvalue weighted by atomic mass is 16.8. The van der Waals surface area contributed by atoms with Crippen molar-refractivity contribution in [3.63, 3.8) is 0 Å². The Kier molecular flexibility index (Phi) is 4.90. The van der Waals surface area contributed by atoms with E-state index in [1.807, 2.05) is 0 Å². The van der Waals surface area contributed by atoms with E-state index >= 15 is 0 Å². The van der Waals surface area contributed by atoms with E-state index in [1.54, 1.807) is 0 Å². The van der Waals surface area contributed by atoms with Crippen molar-refractivity contribution in [3.8, 4) is 0 Å². The molecule has 24 heavy (non-hydrogen) atoms. The number of carbonyl (C=O) groups excluding carboxylic acids is 4. The molecule has 12 nitrogen and oxygen atoms in total. The summed E-state index contributed by atoms with van der Waals surface area (Å²) < 4.78 is 0. The lowest BCUT2D eigenvalue weighted by molar-refractivity contribution is -0.253. The monoisotopic (exact) mass is 344 g/mol. The van der Waals surface area contributed by atoms with Crippen LogP contribution in [-0.2, 0) is 38.4 Å². The Morgan fingerprint density at radius 2 is 0.958 bits per heavy atom. The first-order valence-electron chi connectivity index (χ1n) is 6.73. The van der Waals surface area contributed by atoms with Crippen molar-refractivity contribution in [1.29, 1.82) is 0 Å². The highest BCUT2D eigenvalue weighted by Gasteiger charge is 2.45. The first kappa shape index (κ1) is 17.5. The van der Waals surface area contributed by atoms with Crippen LogP contribution >= 0.6 is 0 Å². The summed E-state index contributed by atoms with van der Waals surface area (Å²) in [7, 11) is 0. The summed E-state index contributed by atoms with van der Waals surface area (Å²) in [6.07, 6.45) is -5.54. The predicted octanol–water partition coefficient (Wildman–Crippen LogP) is -1.95. The first-order chi connectivity index (χ1) is 11.2. The average molecular weight is 344 g/mol. The Labute approximate surface area is 133 Å². The topological polar surface area (TPSA) is 168 Å². The van der Waals surface area contributed by atoms with Crippen LogP contribution in [-0.4, -0.2) is 68.1 Å². The summed E-state index contributed by atoms with van der Waals surface area (Å²) in [5, 5.41) is 18.5. The zero-order valence-electron chi connectivity index (χ0n) is 12.0. The molecule has 2 aliphatic rings. The minimum atomic E-state index is -2.34. The number of carboxylic acid groups (broad SMARTS) is 2. The van der Waals surface area contributed by atoms with Gasteiger partial charge in [-0.1, -0.05) is 0 Å². The second-order valence-electron chi connectivity index (χ2n) is 4.89. The summed E-state index contributed by atoms with van der Waals surface area (Å²) in [4.78, 5) is 77.8. The molecule has 0 spiro atoms. The summed E-state index contributed by atoms with van der Waals surface area (Å²) in [5.74, 6) is -7.11. The van der Waals surface area contributed by atoms with Crippen LogP contribution in [0.15, 0.2) is 0 Å². The number of hydrogen-bond acceptors (Lipinski definition) is 8. The van der Waals surface area contributed by atoms with Crippen LogP contribution < -0.4 is 0 Å². The van der Waals surface area contributed by atoms with E-state index in [9.17, 15) is 28.8 Å². The third-order valence-corrected chi connectivity index (χ3v) is 3.21. The van der Waals surface area contributed by atoms with Gasteiger partial charge in [-0.2, -0.15) is 10.1 Å². The molecular weight excluding hydrogens is 332 g/mol. The molecule has 0 aromatic carbocycles. The number of rotatable bonds is 7. The van der Waals surface area contributed by atoms with Gasteiger partial charge in [0.1, 0.15) is 0 Å². The lowest BCUT2D eigenvalue weighted by atomic mass is 10.2. The zero-order valence-corrected chi connectivity index (χ0v) is 12.0. The molecule has 4 amide bonds. The molecule has 0 aromatic rings. The van der Waals surface area contributed by atoms with Crippen molar-refractivity contribution in [1.82, 2.24) is 10.1 Å². The van der Waals surface area contributed by atoms with Crippen molar-refractivity contribution in [3.05, 3.63) is 0 Å². The molecule has 0 unspecified atom stereocenters. The molecule has 2 rings (SSSR count). The minimum absolute atomic E-state index is 0.145. The maximum absolute atomic E-state index is 11.5. The average Bonchev–Trinajstić information content (AvgIpc) is 2.98. The van der Waals surface area contributed by atoms with Gasteiger partial charge in [0.2, 0.25) is 12.2 Å². The van der Waals surface area contributed by atoms with Crippen LogP contribution in [0.2, 0.25) is 0 Å². The predicted molar refractivity (Wildman–Crippen MR) is 67.2 cm³/mol. The van der Waals surface area contributed by atoms with Crippen molar-refractivity contribution in [2.45, 2.75) is 37.9 Å². The van der Waals surface area contributed by atoms with Gasteiger partial charge in [-0.05, 0) is 0 Å². The fourth-order valence-electron chi connectivity index (χ4n) is 2.03. The molecule has 0 bridgehead atoms. The summed E-state index contributed by atoms with van der Waals surface area (Å²) >= 11 is 0. The second kappa shape index (κ2) is 6.72. The molecular formula is C12H12N2O10. The summed E-state index contributed by atoms with van der Waals surface area (Å²) in [6.45, 7) is 0. The van der Waals surface area contributed by atoms with E-state index in [2.05, 4.69) is 9.68 Å². The highest BCUT2D eigenvalue weighted by molar-refractivity contribution is 6.01. The van der Waals surface area contributed by atoms with Crippen LogP contribution in [0, 0.1) is 0 Å². The lowest BCUT2D eigenvalue weighted by Crippen LogP contribution is -2.51. The summed E-state index contributed by atoms with van der Waals surface area (Å²) in [6, 6.07) is 0. The Morgan fingerprint density at radius 3 is 1.17 bits per heavy atom. The van der Waals surface area contributed by atoms with Crippen LogP contribution in [0.3, 0.4) is 0 Å².